The summed E-state index contributed by atoms with van der Waals surface area (Å²) in [7, 11) is 0. The number of Topliss-reactive ketones (excluding diaryl/α,β-unsaturated/α-hetero) is 1. The molecule has 0 unspecified atom stereocenters. The van der Waals surface area contributed by atoms with Crippen molar-refractivity contribution < 1.29 is 49.0 Å². The second-order valence-corrected chi connectivity index (χ2v) is 11.8. The highest BCUT2D eigenvalue weighted by molar-refractivity contribution is 5.94. The van der Waals surface area contributed by atoms with E-state index in [1.807, 2.05) is 0 Å². The summed E-state index contributed by atoms with van der Waals surface area (Å²) in [5.74, 6) is -3.53. The van der Waals surface area contributed by atoms with Crippen LogP contribution in [0.25, 0.3) is 0 Å². The molecule has 2 saturated carbocycles. The average Bonchev–Trinajstić information content (AvgIpc) is 2.80. The molecule has 3 aliphatic carbocycles. The Kier molecular flexibility index (Phi) is 6.57. The first-order valence-corrected chi connectivity index (χ1v) is 12.7. The van der Waals surface area contributed by atoms with Gasteiger partial charge in [0, 0.05) is 30.8 Å². The van der Waals surface area contributed by atoms with E-state index in [1.165, 1.54) is 26.8 Å². The Labute approximate surface area is 216 Å². The predicted molar refractivity (Wildman–Crippen MR) is 129 cm³/mol. The number of hydrogen-bond donors (Lipinski definition) is 4. The fourth-order valence-corrected chi connectivity index (χ4v) is 7.23. The van der Waals surface area contributed by atoms with Gasteiger partial charge in [-0.2, -0.15) is 0 Å². The summed E-state index contributed by atoms with van der Waals surface area (Å²) >= 11 is 0. The molecule has 1 aliphatic heterocycles. The van der Waals surface area contributed by atoms with Crippen LogP contribution in [0.5, 0.6) is 0 Å². The number of allylic oxidation sites excluding steroid dienone is 1. The van der Waals surface area contributed by atoms with Gasteiger partial charge in [-0.15, -0.1) is 0 Å². The highest BCUT2D eigenvalue weighted by Crippen LogP contribution is 2.63. The van der Waals surface area contributed by atoms with Crippen LogP contribution in [0.2, 0.25) is 0 Å². The number of aliphatic hydroxyl groups excluding tert-OH is 3. The maximum atomic E-state index is 14.2. The van der Waals surface area contributed by atoms with Crippen molar-refractivity contribution in [2.75, 3.05) is 6.61 Å². The van der Waals surface area contributed by atoms with Gasteiger partial charge in [0.1, 0.15) is 23.9 Å². The van der Waals surface area contributed by atoms with Gasteiger partial charge >= 0.3 is 11.9 Å². The monoisotopic (exact) mass is 522 g/mol. The van der Waals surface area contributed by atoms with Gasteiger partial charge in [-0.3, -0.25) is 9.59 Å². The van der Waals surface area contributed by atoms with Gasteiger partial charge in [-0.05, 0) is 38.8 Å². The molecule has 0 aromatic rings. The molecule has 3 fully saturated rings. The molecule has 37 heavy (non-hydrogen) atoms. The van der Waals surface area contributed by atoms with Gasteiger partial charge in [0.15, 0.2) is 11.4 Å². The zero-order chi connectivity index (χ0) is 27.9. The van der Waals surface area contributed by atoms with Crippen LogP contribution in [0.1, 0.15) is 61.3 Å². The zero-order valence-corrected chi connectivity index (χ0v) is 22.4. The Balaban J connectivity index is 2.09. The third-order valence-corrected chi connectivity index (χ3v) is 9.69. The van der Waals surface area contributed by atoms with Crippen molar-refractivity contribution in [1.29, 1.82) is 0 Å². The Hall–Kier alpha value is -2.11. The van der Waals surface area contributed by atoms with Gasteiger partial charge in [0.25, 0.3) is 0 Å². The molecule has 206 valence electrons. The summed E-state index contributed by atoms with van der Waals surface area (Å²) in [5.41, 5.74) is -6.08. The number of ketones is 1. The highest BCUT2D eigenvalue weighted by Gasteiger charge is 2.77. The lowest BCUT2D eigenvalue weighted by molar-refractivity contribution is -0.347. The van der Waals surface area contributed by atoms with Crippen molar-refractivity contribution in [1.82, 2.24) is 0 Å². The second kappa shape index (κ2) is 8.71. The van der Waals surface area contributed by atoms with Gasteiger partial charge < -0.3 is 34.6 Å². The summed E-state index contributed by atoms with van der Waals surface area (Å²) in [6.07, 6.45) is -5.61. The lowest BCUT2D eigenvalue weighted by Crippen LogP contribution is -2.81. The molecule has 10 nitrogen and oxygen atoms in total. The van der Waals surface area contributed by atoms with Crippen LogP contribution < -0.4 is 0 Å². The molecule has 4 rings (SSSR count). The molecule has 4 N–H and O–H groups in total. The average molecular weight is 523 g/mol. The van der Waals surface area contributed by atoms with Gasteiger partial charge in [0.2, 0.25) is 0 Å². The second-order valence-electron chi connectivity index (χ2n) is 11.8. The van der Waals surface area contributed by atoms with Gasteiger partial charge in [-0.25, -0.2) is 4.79 Å². The number of carbonyl (C=O) groups is 3. The number of aliphatic hydroxyl groups is 4. The molecule has 4 aliphatic rings. The Morgan fingerprint density at radius 3 is 2.27 bits per heavy atom. The molecular weight excluding hydrogens is 484 g/mol. The van der Waals surface area contributed by atoms with Crippen LogP contribution in [-0.2, 0) is 28.6 Å². The maximum absolute atomic E-state index is 14.2. The number of fused-ring (bicyclic) bond motifs is 5. The van der Waals surface area contributed by atoms with Crippen molar-refractivity contribution in [3.63, 3.8) is 0 Å². The third kappa shape index (κ3) is 3.52. The number of carbonyl (C=O) groups excluding carboxylic acids is 3. The standard InChI is InChI=1S/C27H38O10/c1-8-12(2)23(33)36-22-20-25(7,16(30)9-17-26(20,11-35-17)37-14(4)28)21(32)19(31)18-13(3)15(29)10-27(22,34)24(18,5)6/h8,15-17,19-20,22,29-31,34H,9-11H2,1-7H3/b12-8+/t15-,16-,17+,19+,20-,22-,25+,26-,27+/m0/s1. The van der Waals surface area contributed by atoms with E-state index in [-0.39, 0.29) is 30.6 Å². The molecule has 0 aromatic heterocycles. The van der Waals surface area contributed by atoms with Crippen LogP contribution in [0.3, 0.4) is 0 Å². The fraction of sp³-hybridized carbons (Fsp3) is 0.741. The van der Waals surface area contributed by atoms with Crippen molar-refractivity contribution in [3.05, 3.63) is 22.8 Å². The van der Waals surface area contributed by atoms with Crippen LogP contribution >= 0.6 is 0 Å². The number of rotatable bonds is 3. The third-order valence-electron chi connectivity index (χ3n) is 9.69. The van der Waals surface area contributed by atoms with E-state index < -0.39 is 76.2 Å². The number of hydrogen-bond acceptors (Lipinski definition) is 10. The largest absolute Gasteiger partial charge is 0.455 e. The van der Waals surface area contributed by atoms with Crippen molar-refractivity contribution in [3.8, 4) is 0 Å². The van der Waals surface area contributed by atoms with E-state index in [1.54, 1.807) is 27.7 Å². The fourth-order valence-electron chi connectivity index (χ4n) is 7.23. The van der Waals surface area contributed by atoms with Crippen LogP contribution in [0.15, 0.2) is 22.8 Å². The summed E-state index contributed by atoms with van der Waals surface area (Å²) in [4.78, 5) is 39.8. The predicted octanol–water partition coefficient (Wildman–Crippen LogP) is 0.734. The molecule has 1 heterocycles. The summed E-state index contributed by atoms with van der Waals surface area (Å²) in [6, 6.07) is 0. The molecule has 0 aromatic carbocycles. The molecule has 9 atom stereocenters. The van der Waals surface area contributed by atoms with Gasteiger partial charge in [-0.1, -0.05) is 19.9 Å². The molecule has 0 amide bonds. The molecule has 2 bridgehead atoms. The zero-order valence-electron chi connectivity index (χ0n) is 22.4. The van der Waals surface area contributed by atoms with Gasteiger partial charge in [0.05, 0.1) is 30.1 Å². The van der Waals surface area contributed by atoms with E-state index in [0.29, 0.717) is 5.57 Å². The number of ether oxygens (including phenoxy) is 3. The van der Waals surface area contributed by atoms with E-state index in [2.05, 4.69) is 0 Å². The van der Waals surface area contributed by atoms with Crippen LogP contribution in [-0.4, -0.2) is 86.5 Å². The molecule has 10 heteroatoms. The Morgan fingerprint density at radius 2 is 1.76 bits per heavy atom. The lowest BCUT2D eigenvalue weighted by atomic mass is 9.44. The summed E-state index contributed by atoms with van der Waals surface area (Å²) in [5, 5.41) is 46.4. The molecular formula is C27H38O10. The van der Waals surface area contributed by atoms with Crippen LogP contribution in [0.4, 0.5) is 0 Å². The normalized spacial score (nSPS) is 45.1. The first-order chi connectivity index (χ1) is 17.0. The molecule has 0 radical (unpaired) electrons. The Bertz CT molecular complexity index is 1090. The maximum Gasteiger partial charge on any atom is 0.333 e. The summed E-state index contributed by atoms with van der Waals surface area (Å²) < 4.78 is 17.6. The van der Waals surface area contributed by atoms with Crippen molar-refractivity contribution >= 4 is 17.7 Å². The Morgan fingerprint density at radius 1 is 1.14 bits per heavy atom. The first kappa shape index (κ1) is 27.9. The van der Waals surface area contributed by atoms with E-state index in [9.17, 15) is 34.8 Å². The molecule has 1 saturated heterocycles. The van der Waals surface area contributed by atoms with E-state index in [0.717, 1.165) is 0 Å². The van der Waals surface area contributed by atoms with Crippen molar-refractivity contribution in [2.24, 2.45) is 16.7 Å². The highest BCUT2D eigenvalue weighted by atomic mass is 16.6. The SMILES string of the molecule is C/C=C(\C)C(=O)O[C@H]1[C@@H]2[C@]3(OC(C)=O)CO[C@@H]3C[C@H](O)[C@@]2(C)C(=O)[C@H](O)C2=C(C)[C@@H](O)C[C@]1(O)C2(C)C. The van der Waals surface area contributed by atoms with Crippen LogP contribution in [0, 0.1) is 16.7 Å². The smallest absolute Gasteiger partial charge is 0.333 e. The molecule has 0 spiro atoms. The minimum Gasteiger partial charge on any atom is -0.455 e. The quantitative estimate of drug-likeness (QED) is 0.236. The minimum atomic E-state index is -2.04. The minimum absolute atomic E-state index is 0.0736. The number of esters is 2. The first-order valence-electron chi connectivity index (χ1n) is 12.7. The summed E-state index contributed by atoms with van der Waals surface area (Å²) in [6.45, 7) is 10.5. The van der Waals surface area contributed by atoms with E-state index in [4.69, 9.17) is 14.2 Å². The topological polar surface area (TPSA) is 160 Å². The van der Waals surface area contributed by atoms with E-state index >= 15 is 0 Å². The van der Waals surface area contributed by atoms with Crippen molar-refractivity contribution in [2.45, 2.75) is 103 Å². The lowest BCUT2D eigenvalue weighted by Gasteiger charge is -2.67.